The molecule has 0 aliphatic heterocycles. The summed E-state index contributed by atoms with van der Waals surface area (Å²) < 4.78 is 7.68. The maximum Gasteiger partial charge on any atom is 0.236 e. The van der Waals surface area contributed by atoms with Crippen molar-refractivity contribution in [2.75, 3.05) is 0 Å². The van der Waals surface area contributed by atoms with Gasteiger partial charge in [0.05, 0.1) is 0 Å². The molecule has 0 unspecified atom stereocenters. The monoisotopic (exact) mass is 282 g/mol. The highest BCUT2D eigenvalue weighted by molar-refractivity contribution is 5.84. The fourth-order valence-corrected chi connectivity index (χ4v) is 2.68. The minimum absolute atomic E-state index is 0.608. The molecule has 1 fully saturated rings. The van der Waals surface area contributed by atoms with Gasteiger partial charge in [-0.25, -0.2) is 0 Å². The van der Waals surface area contributed by atoms with Crippen molar-refractivity contribution in [3.8, 4) is 0 Å². The van der Waals surface area contributed by atoms with Crippen molar-refractivity contribution in [2.45, 2.75) is 38.9 Å². The molecule has 5 nitrogen and oxygen atoms in total. The number of nitrogens with zero attached hydrogens (tertiary/aromatic N) is 3. The van der Waals surface area contributed by atoms with Gasteiger partial charge in [-0.15, -0.1) is 10.2 Å². The molecule has 0 atom stereocenters. The Hall–Kier alpha value is -2.14. The van der Waals surface area contributed by atoms with Crippen LogP contribution in [0.15, 0.2) is 34.9 Å². The van der Waals surface area contributed by atoms with E-state index < -0.39 is 0 Å². The second-order valence-electron chi connectivity index (χ2n) is 5.67. The Balaban J connectivity index is 1.66. The van der Waals surface area contributed by atoms with Crippen molar-refractivity contribution in [3.05, 3.63) is 47.8 Å². The zero-order valence-electron chi connectivity index (χ0n) is 12.0. The molecule has 1 N–H and O–H groups in total. The minimum Gasteiger partial charge on any atom is -0.424 e. The average Bonchev–Trinajstić information content (AvgIpc) is 3.15. The average molecular weight is 282 g/mol. The molecule has 0 radical (unpaired) electrons. The molecule has 1 saturated carbocycles. The molecule has 2 aromatic heterocycles. The second-order valence-corrected chi connectivity index (χ2v) is 5.67. The van der Waals surface area contributed by atoms with Crippen molar-refractivity contribution >= 4 is 10.9 Å². The molecule has 3 aromatic rings. The van der Waals surface area contributed by atoms with Gasteiger partial charge in [-0.1, -0.05) is 18.2 Å². The molecule has 0 saturated heterocycles. The minimum atomic E-state index is 0.608. The number of aromatic nitrogens is 3. The number of hydrogen-bond donors (Lipinski definition) is 1. The quantitative estimate of drug-likeness (QED) is 0.781. The molecule has 1 aliphatic carbocycles. The zero-order chi connectivity index (χ0) is 14.2. The SMILES string of the molecule is Cc1nnc(Cn2cc(CNC3CC3)c3ccccc32)o1. The Labute approximate surface area is 123 Å². The Morgan fingerprint density at radius 1 is 1.29 bits per heavy atom. The van der Waals surface area contributed by atoms with Gasteiger partial charge in [0, 0.05) is 36.6 Å². The van der Waals surface area contributed by atoms with E-state index in [9.17, 15) is 0 Å². The van der Waals surface area contributed by atoms with E-state index in [2.05, 4.69) is 50.5 Å². The fourth-order valence-electron chi connectivity index (χ4n) is 2.68. The Morgan fingerprint density at radius 3 is 2.90 bits per heavy atom. The maximum atomic E-state index is 5.50. The van der Waals surface area contributed by atoms with Crippen LogP contribution in [0.3, 0.4) is 0 Å². The maximum absolute atomic E-state index is 5.50. The van der Waals surface area contributed by atoms with Crippen LogP contribution < -0.4 is 5.32 Å². The van der Waals surface area contributed by atoms with Crippen molar-refractivity contribution < 1.29 is 4.42 Å². The van der Waals surface area contributed by atoms with E-state index in [1.165, 1.54) is 29.3 Å². The summed E-state index contributed by atoms with van der Waals surface area (Å²) in [6, 6.07) is 9.18. The van der Waals surface area contributed by atoms with Gasteiger partial charge >= 0.3 is 0 Å². The molecule has 0 bridgehead atoms. The van der Waals surface area contributed by atoms with Gasteiger partial charge in [0.2, 0.25) is 11.8 Å². The van der Waals surface area contributed by atoms with Crippen molar-refractivity contribution in [1.82, 2.24) is 20.1 Å². The van der Waals surface area contributed by atoms with Crippen LogP contribution in [0.5, 0.6) is 0 Å². The highest BCUT2D eigenvalue weighted by atomic mass is 16.4. The molecule has 2 heterocycles. The Kier molecular flexibility index (Phi) is 3.00. The molecule has 5 heteroatoms. The number of para-hydroxylation sites is 1. The van der Waals surface area contributed by atoms with Gasteiger partial charge < -0.3 is 14.3 Å². The summed E-state index contributed by atoms with van der Waals surface area (Å²) >= 11 is 0. The van der Waals surface area contributed by atoms with E-state index in [0.717, 1.165) is 6.54 Å². The number of fused-ring (bicyclic) bond motifs is 1. The highest BCUT2D eigenvalue weighted by Gasteiger charge is 2.21. The summed E-state index contributed by atoms with van der Waals surface area (Å²) in [6.07, 6.45) is 4.80. The summed E-state index contributed by atoms with van der Waals surface area (Å²) in [5.74, 6) is 1.26. The number of nitrogens with one attached hydrogen (secondary N) is 1. The number of benzene rings is 1. The lowest BCUT2D eigenvalue weighted by molar-refractivity contribution is 0.457. The molecule has 1 aromatic carbocycles. The van der Waals surface area contributed by atoms with E-state index in [0.29, 0.717) is 24.4 Å². The molecular formula is C16H18N4O. The Morgan fingerprint density at radius 2 is 2.14 bits per heavy atom. The topological polar surface area (TPSA) is 55.9 Å². The molecule has 108 valence electrons. The predicted octanol–water partition coefficient (Wildman–Crippen LogP) is 2.63. The summed E-state index contributed by atoms with van der Waals surface area (Å²) in [7, 11) is 0. The number of aryl methyl sites for hydroxylation is 1. The van der Waals surface area contributed by atoms with Crippen LogP contribution in [-0.2, 0) is 13.1 Å². The van der Waals surface area contributed by atoms with Gasteiger partial charge in [-0.3, -0.25) is 0 Å². The first kappa shape index (κ1) is 12.6. The van der Waals surface area contributed by atoms with Gasteiger partial charge in [0.25, 0.3) is 0 Å². The number of rotatable bonds is 5. The largest absolute Gasteiger partial charge is 0.424 e. The molecule has 4 rings (SSSR count). The second kappa shape index (κ2) is 5.00. The first-order valence-corrected chi connectivity index (χ1v) is 7.39. The fraction of sp³-hybridized carbons (Fsp3) is 0.375. The van der Waals surface area contributed by atoms with Crippen LogP contribution in [0.4, 0.5) is 0 Å². The first-order valence-electron chi connectivity index (χ1n) is 7.39. The summed E-state index contributed by atoms with van der Waals surface area (Å²) in [4.78, 5) is 0. The normalized spacial score (nSPS) is 14.9. The predicted molar refractivity (Wildman–Crippen MR) is 79.9 cm³/mol. The molecular weight excluding hydrogens is 264 g/mol. The van der Waals surface area contributed by atoms with Crippen LogP contribution >= 0.6 is 0 Å². The third-order valence-electron chi connectivity index (χ3n) is 3.90. The smallest absolute Gasteiger partial charge is 0.236 e. The third kappa shape index (κ3) is 2.56. The van der Waals surface area contributed by atoms with Gasteiger partial charge in [0.15, 0.2) is 0 Å². The molecule has 0 amide bonds. The van der Waals surface area contributed by atoms with Gasteiger partial charge in [0.1, 0.15) is 6.54 Å². The van der Waals surface area contributed by atoms with Crippen LogP contribution in [0.25, 0.3) is 10.9 Å². The molecule has 1 aliphatic rings. The van der Waals surface area contributed by atoms with Crippen molar-refractivity contribution in [3.63, 3.8) is 0 Å². The van der Waals surface area contributed by atoms with Crippen molar-refractivity contribution in [1.29, 1.82) is 0 Å². The van der Waals surface area contributed by atoms with Crippen LogP contribution in [0, 0.1) is 6.92 Å². The van der Waals surface area contributed by atoms with Crippen LogP contribution in [-0.4, -0.2) is 20.8 Å². The van der Waals surface area contributed by atoms with Crippen molar-refractivity contribution in [2.24, 2.45) is 0 Å². The van der Waals surface area contributed by atoms with E-state index in [4.69, 9.17) is 4.42 Å². The lowest BCUT2D eigenvalue weighted by Crippen LogP contribution is -2.14. The Bertz CT molecular complexity index is 770. The van der Waals surface area contributed by atoms with Crippen LogP contribution in [0.2, 0.25) is 0 Å². The van der Waals surface area contributed by atoms with E-state index >= 15 is 0 Å². The van der Waals surface area contributed by atoms with Gasteiger partial charge in [-0.2, -0.15) is 0 Å². The zero-order valence-corrected chi connectivity index (χ0v) is 12.0. The lowest BCUT2D eigenvalue weighted by atomic mass is 10.2. The van der Waals surface area contributed by atoms with E-state index in [1.54, 1.807) is 0 Å². The first-order chi connectivity index (χ1) is 10.3. The standard InChI is InChI=1S/C16H18N4O/c1-11-18-19-16(21-11)10-20-9-12(8-17-13-6-7-13)14-4-2-3-5-15(14)20/h2-5,9,13,17H,6-8,10H2,1H3. The summed E-state index contributed by atoms with van der Waals surface area (Å²) in [6.45, 7) is 3.35. The lowest BCUT2D eigenvalue weighted by Gasteiger charge is -2.00. The third-order valence-corrected chi connectivity index (χ3v) is 3.90. The molecule has 21 heavy (non-hydrogen) atoms. The highest BCUT2D eigenvalue weighted by Crippen LogP contribution is 2.24. The van der Waals surface area contributed by atoms with Crippen LogP contribution in [0.1, 0.15) is 30.2 Å². The summed E-state index contributed by atoms with van der Waals surface area (Å²) in [5, 5.41) is 12.9. The number of hydrogen-bond acceptors (Lipinski definition) is 4. The summed E-state index contributed by atoms with van der Waals surface area (Å²) in [5.41, 5.74) is 2.54. The molecule has 0 spiro atoms. The van der Waals surface area contributed by atoms with Gasteiger partial charge in [-0.05, 0) is 24.5 Å². The van der Waals surface area contributed by atoms with E-state index in [1.807, 2.05) is 6.92 Å². The van der Waals surface area contributed by atoms with E-state index in [-0.39, 0.29) is 0 Å².